The lowest BCUT2D eigenvalue weighted by Crippen LogP contribution is -2.40. The van der Waals surface area contributed by atoms with Crippen LogP contribution in [-0.2, 0) is 4.79 Å². The van der Waals surface area contributed by atoms with Crippen LogP contribution in [0.1, 0.15) is 55.8 Å². The van der Waals surface area contributed by atoms with Gasteiger partial charge in [0, 0.05) is 37.5 Å². The van der Waals surface area contributed by atoms with Crippen molar-refractivity contribution in [2.75, 3.05) is 32.7 Å². The summed E-state index contributed by atoms with van der Waals surface area (Å²) in [6.45, 7) is 6.85. The first-order valence-electron chi connectivity index (χ1n) is 9.99. The van der Waals surface area contributed by atoms with E-state index in [0.29, 0.717) is 18.4 Å². The quantitative estimate of drug-likeness (QED) is 0.795. The summed E-state index contributed by atoms with van der Waals surface area (Å²) in [7, 11) is 0. The van der Waals surface area contributed by atoms with Gasteiger partial charge in [-0.25, -0.2) is 0 Å². The first-order chi connectivity index (χ1) is 12.7. The molecule has 3 heterocycles. The van der Waals surface area contributed by atoms with Crippen LogP contribution in [0.15, 0.2) is 16.8 Å². The third-order valence-corrected chi connectivity index (χ3v) is 6.57. The standard InChI is InChI=1S/C20H31N3O2S/c1-2-22-10-3-4-18(22)14-21-19(24)6-5-16-7-11-23(12-8-16)20(25)17-9-13-26-15-17/h9,13,15-16,18H,2-8,10-12,14H2,1H3,(H,21,24)/t18-/m1/s1. The average molecular weight is 378 g/mol. The van der Waals surface area contributed by atoms with Crippen LogP contribution in [0.3, 0.4) is 0 Å². The molecule has 0 spiro atoms. The minimum atomic E-state index is 0.152. The zero-order valence-electron chi connectivity index (χ0n) is 15.8. The highest BCUT2D eigenvalue weighted by Gasteiger charge is 2.25. The second-order valence-electron chi connectivity index (χ2n) is 7.51. The summed E-state index contributed by atoms with van der Waals surface area (Å²) in [5, 5.41) is 7.00. The second kappa shape index (κ2) is 9.51. The SMILES string of the molecule is CCN1CCC[C@@H]1CNC(=O)CCC1CCN(C(=O)c2ccsc2)CC1. The van der Waals surface area contributed by atoms with E-state index in [1.54, 1.807) is 11.3 Å². The van der Waals surface area contributed by atoms with Crippen LogP contribution in [0, 0.1) is 5.92 Å². The fourth-order valence-electron chi connectivity index (χ4n) is 4.19. The molecule has 2 aliphatic rings. The van der Waals surface area contributed by atoms with E-state index in [1.807, 2.05) is 21.7 Å². The Morgan fingerprint density at radius 1 is 1.23 bits per heavy atom. The number of hydrogen-bond acceptors (Lipinski definition) is 4. The summed E-state index contributed by atoms with van der Waals surface area (Å²) in [6, 6.07) is 2.42. The Hall–Kier alpha value is -1.40. The molecule has 0 aliphatic carbocycles. The number of carbonyl (C=O) groups excluding carboxylic acids is 2. The minimum Gasteiger partial charge on any atom is -0.355 e. The van der Waals surface area contributed by atoms with E-state index in [1.165, 1.54) is 19.4 Å². The molecule has 0 unspecified atom stereocenters. The zero-order valence-corrected chi connectivity index (χ0v) is 16.6. The molecule has 1 atom stereocenters. The lowest BCUT2D eigenvalue weighted by atomic mass is 9.92. The molecule has 2 amide bonds. The van der Waals surface area contributed by atoms with Crippen molar-refractivity contribution < 1.29 is 9.59 Å². The van der Waals surface area contributed by atoms with Crippen molar-refractivity contribution in [2.45, 2.75) is 51.5 Å². The molecule has 2 fully saturated rings. The predicted octanol–water partition coefficient (Wildman–Crippen LogP) is 2.98. The number of rotatable bonds is 7. The summed E-state index contributed by atoms with van der Waals surface area (Å²) < 4.78 is 0. The van der Waals surface area contributed by atoms with Gasteiger partial charge in [-0.05, 0) is 62.6 Å². The van der Waals surface area contributed by atoms with Gasteiger partial charge in [0.1, 0.15) is 0 Å². The highest BCUT2D eigenvalue weighted by atomic mass is 32.1. The van der Waals surface area contributed by atoms with E-state index in [2.05, 4.69) is 17.1 Å². The van der Waals surface area contributed by atoms with Gasteiger partial charge in [-0.2, -0.15) is 11.3 Å². The number of hydrogen-bond donors (Lipinski definition) is 1. The van der Waals surface area contributed by atoms with Crippen LogP contribution >= 0.6 is 11.3 Å². The molecule has 1 aromatic heterocycles. The summed E-state index contributed by atoms with van der Waals surface area (Å²) in [5.74, 6) is 0.898. The highest BCUT2D eigenvalue weighted by molar-refractivity contribution is 7.08. The lowest BCUT2D eigenvalue weighted by molar-refractivity contribution is -0.121. The molecule has 5 nitrogen and oxygen atoms in total. The summed E-state index contributed by atoms with van der Waals surface area (Å²) >= 11 is 1.56. The van der Waals surface area contributed by atoms with E-state index in [-0.39, 0.29) is 11.8 Å². The van der Waals surface area contributed by atoms with Crippen molar-refractivity contribution in [1.29, 1.82) is 0 Å². The molecule has 2 saturated heterocycles. The van der Waals surface area contributed by atoms with E-state index < -0.39 is 0 Å². The molecule has 0 radical (unpaired) electrons. The van der Waals surface area contributed by atoms with Gasteiger partial charge in [-0.1, -0.05) is 6.92 Å². The molecule has 0 saturated carbocycles. The first kappa shape index (κ1) is 19.4. The number of amides is 2. The molecule has 1 aromatic rings. The number of piperidine rings is 1. The second-order valence-corrected chi connectivity index (χ2v) is 8.30. The van der Waals surface area contributed by atoms with Crippen molar-refractivity contribution >= 4 is 23.2 Å². The van der Waals surface area contributed by atoms with Crippen LogP contribution in [0.2, 0.25) is 0 Å². The highest BCUT2D eigenvalue weighted by Crippen LogP contribution is 2.23. The largest absolute Gasteiger partial charge is 0.355 e. The summed E-state index contributed by atoms with van der Waals surface area (Å²) in [6.07, 6.45) is 6.02. The van der Waals surface area contributed by atoms with Crippen molar-refractivity contribution in [3.8, 4) is 0 Å². The molecule has 6 heteroatoms. The number of likely N-dealkylation sites (tertiary alicyclic amines) is 2. The number of likely N-dealkylation sites (N-methyl/N-ethyl adjacent to an activating group) is 1. The van der Waals surface area contributed by atoms with E-state index in [4.69, 9.17) is 0 Å². The first-order valence-corrected chi connectivity index (χ1v) is 10.9. The monoisotopic (exact) mass is 377 g/mol. The fraction of sp³-hybridized carbons (Fsp3) is 0.700. The Morgan fingerprint density at radius 3 is 2.73 bits per heavy atom. The van der Waals surface area contributed by atoms with Gasteiger partial charge in [-0.15, -0.1) is 0 Å². The molecule has 0 aromatic carbocycles. The van der Waals surface area contributed by atoms with E-state index in [9.17, 15) is 9.59 Å². The van der Waals surface area contributed by atoms with Gasteiger partial charge in [0.2, 0.25) is 5.91 Å². The number of thiophene rings is 1. The smallest absolute Gasteiger partial charge is 0.254 e. The van der Waals surface area contributed by atoms with Crippen LogP contribution in [0.4, 0.5) is 0 Å². The van der Waals surface area contributed by atoms with Crippen molar-refractivity contribution in [1.82, 2.24) is 15.1 Å². The summed E-state index contributed by atoms with van der Waals surface area (Å²) in [4.78, 5) is 28.9. The molecule has 26 heavy (non-hydrogen) atoms. The zero-order chi connectivity index (χ0) is 18.4. The number of nitrogens with one attached hydrogen (secondary N) is 1. The molecule has 3 rings (SSSR count). The van der Waals surface area contributed by atoms with Gasteiger partial charge in [0.25, 0.3) is 5.91 Å². The van der Waals surface area contributed by atoms with Crippen molar-refractivity contribution in [2.24, 2.45) is 5.92 Å². The third-order valence-electron chi connectivity index (χ3n) is 5.89. The van der Waals surface area contributed by atoms with Gasteiger partial charge in [-0.3, -0.25) is 14.5 Å². The number of nitrogens with zero attached hydrogens (tertiary/aromatic N) is 2. The van der Waals surface area contributed by atoms with Gasteiger partial charge < -0.3 is 10.2 Å². The van der Waals surface area contributed by atoms with E-state index in [0.717, 1.165) is 51.0 Å². The van der Waals surface area contributed by atoms with Crippen molar-refractivity contribution in [3.05, 3.63) is 22.4 Å². The maximum Gasteiger partial charge on any atom is 0.254 e. The predicted molar refractivity (Wildman–Crippen MR) is 105 cm³/mol. The number of carbonyl (C=O) groups is 2. The van der Waals surface area contributed by atoms with Gasteiger partial charge >= 0.3 is 0 Å². The molecule has 2 aliphatic heterocycles. The van der Waals surface area contributed by atoms with Gasteiger partial charge in [0.05, 0.1) is 5.56 Å². The fourth-order valence-corrected chi connectivity index (χ4v) is 4.82. The minimum absolute atomic E-state index is 0.152. The third kappa shape index (κ3) is 5.07. The molecular weight excluding hydrogens is 346 g/mol. The maximum atomic E-state index is 12.4. The van der Waals surface area contributed by atoms with E-state index >= 15 is 0 Å². The normalized spacial score (nSPS) is 21.9. The molecular formula is C20H31N3O2S. The molecule has 144 valence electrons. The van der Waals surface area contributed by atoms with Crippen LogP contribution < -0.4 is 5.32 Å². The van der Waals surface area contributed by atoms with Crippen LogP contribution in [-0.4, -0.2) is 60.4 Å². The molecule has 0 bridgehead atoms. The summed E-state index contributed by atoms with van der Waals surface area (Å²) in [5.41, 5.74) is 0.806. The van der Waals surface area contributed by atoms with Crippen LogP contribution in [0.25, 0.3) is 0 Å². The van der Waals surface area contributed by atoms with Crippen LogP contribution in [0.5, 0.6) is 0 Å². The molecule has 1 N–H and O–H groups in total. The Kier molecular flexibility index (Phi) is 7.08. The Labute approximate surface area is 160 Å². The topological polar surface area (TPSA) is 52.7 Å². The average Bonchev–Trinajstić information content (AvgIpc) is 3.36. The van der Waals surface area contributed by atoms with Gasteiger partial charge in [0.15, 0.2) is 0 Å². The Morgan fingerprint density at radius 2 is 2.04 bits per heavy atom. The lowest BCUT2D eigenvalue weighted by Gasteiger charge is -2.32. The Balaban J connectivity index is 1.32. The Bertz CT molecular complexity index is 582. The van der Waals surface area contributed by atoms with Crippen molar-refractivity contribution in [3.63, 3.8) is 0 Å². The maximum absolute atomic E-state index is 12.4.